The van der Waals surface area contributed by atoms with E-state index in [2.05, 4.69) is 20.2 Å². The number of aliphatic hydroxyl groups excluding tert-OH is 2. The van der Waals surface area contributed by atoms with Gasteiger partial charge in [-0.15, -0.1) is 20.5 Å². The van der Waals surface area contributed by atoms with Crippen molar-refractivity contribution in [2.24, 2.45) is 11.1 Å². The van der Waals surface area contributed by atoms with E-state index in [9.17, 15) is 57.3 Å². The minimum absolute atomic E-state index is 0.0588. The first-order valence-corrected chi connectivity index (χ1v) is 20.3. The van der Waals surface area contributed by atoms with Crippen molar-refractivity contribution < 1.29 is 62.0 Å². The van der Waals surface area contributed by atoms with Crippen LogP contribution in [-0.2, 0) is 61.3 Å². The molecule has 3 aromatic rings. The number of likely N-dealkylation sites (tertiary alicyclic amines) is 1. The van der Waals surface area contributed by atoms with Crippen molar-refractivity contribution in [2.75, 3.05) is 18.9 Å². The molecule has 0 saturated carbocycles. The second-order valence-corrected chi connectivity index (χ2v) is 18.6. The van der Waals surface area contributed by atoms with Crippen molar-refractivity contribution in [3.05, 3.63) is 49.1 Å². The second-order valence-electron chi connectivity index (χ2n) is 15.8. The summed E-state index contributed by atoms with van der Waals surface area (Å²) >= 11 is 1.00. The third kappa shape index (κ3) is 11.5. The molecule has 24 heteroatoms. The molecule has 0 aromatic carbocycles. The van der Waals surface area contributed by atoms with Crippen LogP contribution in [0.2, 0.25) is 0 Å². The molecule has 0 aliphatic carbocycles. The van der Waals surface area contributed by atoms with Gasteiger partial charge < -0.3 is 34.6 Å². The number of aromatic nitrogens is 5. The summed E-state index contributed by atoms with van der Waals surface area (Å²) in [4.78, 5) is 103. The zero-order valence-corrected chi connectivity index (χ0v) is 35.0. The maximum absolute atomic E-state index is 13.7. The molecule has 0 bridgehead atoms. The van der Waals surface area contributed by atoms with E-state index in [1.54, 1.807) is 41.5 Å². The highest BCUT2D eigenvalue weighted by atomic mass is 32.2. The zero-order chi connectivity index (χ0) is 44.4. The minimum atomic E-state index is -4.99. The van der Waals surface area contributed by atoms with Crippen LogP contribution in [0.25, 0.3) is 11.5 Å². The van der Waals surface area contributed by atoms with Gasteiger partial charge in [-0.3, -0.25) is 33.4 Å². The Morgan fingerprint density at radius 3 is 2.27 bits per heavy atom. The maximum Gasteiger partial charge on any atom is 0.360 e. The highest BCUT2D eigenvalue weighted by Crippen LogP contribution is 2.25. The minimum Gasteiger partial charge on any atom is -0.503 e. The molecular weight excluding hydrogens is 823 g/mol. The Bertz CT molecular complexity index is 2400. The Kier molecular flexibility index (Phi) is 13.5. The fourth-order valence-corrected chi connectivity index (χ4v) is 7.00. The number of oxime groups is 1. The number of aliphatic hydroxyl groups is 2. The fourth-order valence-electron chi connectivity index (χ4n) is 5.11. The number of aromatic hydroxyl groups is 1. The van der Waals surface area contributed by atoms with Gasteiger partial charge in [0, 0.05) is 30.6 Å². The number of carbonyl (C=O) groups excluding carboxylic acids is 5. The Balaban J connectivity index is 1.54. The van der Waals surface area contributed by atoms with Crippen LogP contribution in [0.5, 0.6) is 5.75 Å². The molecule has 0 spiro atoms. The van der Waals surface area contributed by atoms with Crippen LogP contribution in [0.1, 0.15) is 72.5 Å². The van der Waals surface area contributed by atoms with E-state index in [-0.39, 0.29) is 26.9 Å². The molecular formula is C35H45N7O15S2. The fraction of sp³-hybridized carbons (Fsp3) is 0.543. The molecule has 22 nitrogen and oxygen atoms in total. The van der Waals surface area contributed by atoms with Gasteiger partial charge in [-0.05, 0) is 55.4 Å². The van der Waals surface area contributed by atoms with E-state index in [1.165, 1.54) is 19.2 Å². The van der Waals surface area contributed by atoms with Crippen molar-refractivity contribution in [1.82, 2.24) is 28.6 Å². The van der Waals surface area contributed by atoms with Crippen molar-refractivity contribution >= 4 is 56.6 Å². The molecule has 1 fully saturated rings. The van der Waals surface area contributed by atoms with Crippen LogP contribution in [0, 0.1) is 5.92 Å². The van der Waals surface area contributed by atoms with Crippen LogP contribution in [-0.4, -0.2) is 129 Å². The first-order chi connectivity index (χ1) is 27.1. The maximum atomic E-state index is 13.7. The molecule has 1 aliphatic rings. The Morgan fingerprint density at radius 1 is 1.05 bits per heavy atom. The highest BCUT2D eigenvalue weighted by Gasteiger charge is 2.44. The Labute approximate surface area is 340 Å². The summed E-state index contributed by atoms with van der Waals surface area (Å²) in [7, 11) is -4.99. The number of nitrogens with one attached hydrogen (secondary N) is 1. The average molecular weight is 868 g/mol. The number of carbonyl (C=O) groups is 5. The van der Waals surface area contributed by atoms with Gasteiger partial charge in [-0.25, -0.2) is 23.0 Å². The van der Waals surface area contributed by atoms with Gasteiger partial charge in [0.05, 0.1) is 37.3 Å². The largest absolute Gasteiger partial charge is 0.503 e. The monoisotopic (exact) mass is 867 g/mol. The van der Waals surface area contributed by atoms with E-state index in [4.69, 9.17) is 14.3 Å². The summed E-state index contributed by atoms with van der Waals surface area (Å²) in [5.74, 6) is -8.28. The number of aromatic amines is 1. The topological polar surface area (TPSA) is 309 Å². The van der Waals surface area contributed by atoms with Crippen LogP contribution in [0.4, 0.5) is 0 Å². The summed E-state index contributed by atoms with van der Waals surface area (Å²) in [5.41, 5.74) is -6.46. The number of H-pyrrole nitrogens is 1. The SMILES string of the molecule is CC(C)(C)OC(=O)Cc1nc(/C(=N/OC(C)(C)C(=O)OC(C)(C)C)C(=O)C[C@H]2CN(C(=O)CS(=O)(=O)n3nc(-c4cc(=O)c(O)c[nH]4)n(C[C@H](O)CO)c3=O)C2=O)cs1. The lowest BCUT2D eigenvalue weighted by Crippen LogP contribution is -2.57. The molecule has 4 N–H and O–H groups in total. The number of imide groups is 1. The number of ether oxygens (including phenoxy) is 2. The summed E-state index contributed by atoms with van der Waals surface area (Å²) < 4.78 is 38.0. The molecule has 1 aliphatic heterocycles. The number of ketones is 1. The molecule has 2 atom stereocenters. The molecule has 322 valence electrons. The first kappa shape index (κ1) is 46.1. The van der Waals surface area contributed by atoms with Crippen molar-refractivity contribution in [1.29, 1.82) is 0 Å². The third-order valence-electron chi connectivity index (χ3n) is 7.92. The zero-order valence-electron chi connectivity index (χ0n) is 33.4. The van der Waals surface area contributed by atoms with Crippen LogP contribution < -0.4 is 11.1 Å². The summed E-state index contributed by atoms with van der Waals surface area (Å²) in [6.45, 7) is 10.7. The van der Waals surface area contributed by atoms with E-state index in [0.29, 0.717) is 9.47 Å². The molecule has 0 unspecified atom stereocenters. The van der Waals surface area contributed by atoms with Crippen molar-refractivity contribution in [3.8, 4) is 17.3 Å². The molecule has 4 heterocycles. The normalized spacial score (nSPS) is 15.7. The van der Waals surface area contributed by atoms with E-state index in [0.717, 1.165) is 23.6 Å². The Hall–Kier alpha value is -5.59. The number of nitrogens with zero attached hydrogens (tertiary/aromatic N) is 6. The molecule has 4 rings (SSSR count). The predicted octanol–water partition coefficient (Wildman–Crippen LogP) is -0.537. The first-order valence-electron chi connectivity index (χ1n) is 17.8. The van der Waals surface area contributed by atoms with E-state index >= 15 is 0 Å². The summed E-state index contributed by atoms with van der Waals surface area (Å²) in [5, 5.41) is 38.2. The van der Waals surface area contributed by atoms with E-state index in [1.807, 2.05) is 0 Å². The lowest BCUT2D eigenvalue weighted by Gasteiger charge is -2.36. The molecule has 59 heavy (non-hydrogen) atoms. The smallest absolute Gasteiger partial charge is 0.360 e. The van der Waals surface area contributed by atoms with Crippen LogP contribution in [0.3, 0.4) is 0 Å². The Morgan fingerprint density at radius 2 is 1.69 bits per heavy atom. The number of rotatable bonds is 16. The van der Waals surface area contributed by atoms with Crippen LogP contribution >= 0.6 is 11.3 Å². The lowest BCUT2D eigenvalue weighted by molar-refractivity contribution is -0.179. The summed E-state index contributed by atoms with van der Waals surface area (Å²) in [6.07, 6.45) is -1.56. The van der Waals surface area contributed by atoms with Gasteiger partial charge in [0.25, 0.3) is 10.0 Å². The number of Topliss-reactive ketones (excluding diaryl/α,β-unsaturated/α-hetero) is 1. The quantitative estimate of drug-likeness (QED) is 0.0608. The van der Waals surface area contributed by atoms with E-state index < -0.39 is 129 Å². The molecule has 1 saturated heterocycles. The van der Waals surface area contributed by atoms with Crippen LogP contribution in [0.15, 0.2) is 32.4 Å². The molecule has 0 radical (unpaired) electrons. The average Bonchev–Trinajstić information content (AvgIpc) is 3.69. The molecule has 2 amide bonds. The number of pyridine rings is 1. The predicted molar refractivity (Wildman–Crippen MR) is 206 cm³/mol. The summed E-state index contributed by atoms with van der Waals surface area (Å²) in [6, 6.07) is 0.794. The molecule has 3 aromatic heterocycles. The van der Waals surface area contributed by atoms with Gasteiger partial charge in [0.1, 0.15) is 21.9 Å². The lowest BCUT2D eigenvalue weighted by atomic mass is 9.91. The van der Waals surface area contributed by atoms with Gasteiger partial charge in [0.2, 0.25) is 22.8 Å². The number of hydrogen-bond acceptors (Lipinski definition) is 19. The standard InChI is InChI=1S/C35H45N7O15S2/c1-33(2,3)55-27(49)11-25-37-21(16-58-25)28(39-57-35(7,8)31(51)56-34(4,5)6)23(46)9-18-13-40(30(18)50)26(48)17-59(53,54)42-32(52)41(14-19(44)15-43)29(38-42)20-10-22(45)24(47)12-36-20/h10,12,16,18-19,43-44,47H,9,11,13-15,17H2,1-8H3,(H,36,45)/b39-28-/t18-,19-/m0/s1. The van der Waals surface area contributed by atoms with Gasteiger partial charge >= 0.3 is 17.6 Å². The highest BCUT2D eigenvalue weighted by molar-refractivity contribution is 7.90. The number of esters is 2. The van der Waals surface area contributed by atoms with Gasteiger partial charge in [0.15, 0.2) is 28.8 Å². The third-order valence-corrected chi connectivity index (χ3v) is 10.1. The van der Waals surface area contributed by atoms with Crippen molar-refractivity contribution in [3.63, 3.8) is 0 Å². The van der Waals surface area contributed by atoms with Gasteiger partial charge in [-0.2, -0.15) is 0 Å². The van der Waals surface area contributed by atoms with Gasteiger partial charge in [-0.1, -0.05) is 5.16 Å². The number of β-lactam (4-membered cyclic amide) rings is 1. The van der Waals surface area contributed by atoms with Crippen molar-refractivity contribution in [2.45, 2.75) is 97.7 Å². The number of hydrogen-bond donors (Lipinski definition) is 4. The number of amides is 2. The second kappa shape index (κ2) is 17.3. The number of thiazole rings is 1.